The second-order valence-corrected chi connectivity index (χ2v) is 7.90. The van der Waals surface area contributed by atoms with E-state index in [1.165, 1.54) is 12.8 Å². The molecule has 2 unspecified atom stereocenters. The maximum atomic E-state index is 12.2. The van der Waals surface area contributed by atoms with E-state index >= 15 is 0 Å². The van der Waals surface area contributed by atoms with Crippen LogP contribution in [0, 0.1) is 5.92 Å². The highest BCUT2D eigenvalue weighted by atomic mass is 32.2. The van der Waals surface area contributed by atoms with Gasteiger partial charge in [-0.25, -0.2) is 12.7 Å². The Bertz CT molecular complexity index is 335. The van der Waals surface area contributed by atoms with Crippen molar-refractivity contribution in [1.82, 2.24) is 9.62 Å². The number of piperidine rings is 1. The van der Waals surface area contributed by atoms with Crippen molar-refractivity contribution in [2.75, 3.05) is 19.3 Å². The third-order valence-corrected chi connectivity index (χ3v) is 6.08. The third-order valence-electron chi connectivity index (χ3n) is 4.11. The lowest BCUT2D eigenvalue weighted by atomic mass is 10.0. The van der Waals surface area contributed by atoms with E-state index in [0.717, 1.165) is 19.4 Å². The van der Waals surface area contributed by atoms with E-state index in [4.69, 9.17) is 0 Å². The van der Waals surface area contributed by atoms with Gasteiger partial charge < -0.3 is 5.32 Å². The molecule has 1 saturated heterocycles. The smallest absolute Gasteiger partial charge is 0.214 e. The highest BCUT2D eigenvalue weighted by Crippen LogP contribution is 2.16. The maximum Gasteiger partial charge on any atom is 0.214 e. The number of rotatable bonds is 6. The van der Waals surface area contributed by atoms with Crippen molar-refractivity contribution in [2.24, 2.45) is 5.92 Å². The van der Waals surface area contributed by atoms with Crippen LogP contribution in [-0.2, 0) is 10.0 Å². The van der Waals surface area contributed by atoms with Crippen LogP contribution < -0.4 is 5.32 Å². The van der Waals surface area contributed by atoms with Gasteiger partial charge in [-0.05, 0) is 38.6 Å². The molecule has 1 fully saturated rings. The van der Waals surface area contributed by atoms with Crippen molar-refractivity contribution in [3.8, 4) is 0 Å². The quantitative estimate of drug-likeness (QED) is 0.805. The Balaban J connectivity index is 2.48. The van der Waals surface area contributed by atoms with E-state index in [0.29, 0.717) is 12.0 Å². The number of nitrogens with one attached hydrogen (secondary N) is 1. The summed E-state index contributed by atoms with van der Waals surface area (Å²) >= 11 is 0. The van der Waals surface area contributed by atoms with E-state index in [1.54, 1.807) is 11.4 Å². The molecule has 108 valence electrons. The molecule has 0 bridgehead atoms. The van der Waals surface area contributed by atoms with Crippen molar-refractivity contribution < 1.29 is 8.42 Å². The largest absolute Gasteiger partial charge is 0.314 e. The van der Waals surface area contributed by atoms with Crippen LogP contribution >= 0.6 is 0 Å². The summed E-state index contributed by atoms with van der Waals surface area (Å²) in [6.45, 7) is 7.11. The lowest BCUT2D eigenvalue weighted by molar-refractivity contribution is 0.313. The van der Waals surface area contributed by atoms with Gasteiger partial charge in [0.2, 0.25) is 10.0 Å². The molecule has 0 spiro atoms. The summed E-state index contributed by atoms with van der Waals surface area (Å²) < 4.78 is 26.0. The van der Waals surface area contributed by atoms with Gasteiger partial charge in [0.25, 0.3) is 0 Å². The van der Waals surface area contributed by atoms with Crippen LogP contribution in [0.3, 0.4) is 0 Å². The summed E-state index contributed by atoms with van der Waals surface area (Å²) in [5.74, 6) is 0.607. The van der Waals surface area contributed by atoms with Crippen LogP contribution in [0.4, 0.5) is 0 Å². The maximum absolute atomic E-state index is 12.2. The van der Waals surface area contributed by atoms with Gasteiger partial charge in [0.15, 0.2) is 0 Å². The molecule has 5 heteroatoms. The number of sulfonamides is 1. The minimum atomic E-state index is -3.11. The molecule has 0 amide bonds. The number of nitrogens with zero attached hydrogens (tertiary/aromatic N) is 1. The van der Waals surface area contributed by atoms with Gasteiger partial charge in [-0.3, -0.25) is 0 Å². The third kappa shape index (κ3) is 4.52. The van der Waals surface area contributed by atoms with E-state index in [-0.39, 0.29) is 11.8 Å². The molecule has 18 heavy (non-hydrogen) atoms. The summed E-state index contributed by atoms with van der Waals surface area (Å²) in [6, 6.07) is 0.450. The SMILES string of the molecule is CC(C)C(C)N(C)S(=O)(=O)CCC1CCCCN1. The highest BCUT2D eigenvalue weighted by Gasteiger charge is 2.26. The topological polar surface area (TPSA) is 49.4 Å². The van der Waals surface area contributed by atoms with E-state index in [2.05, 4.69) is 19.2 Å². The van der Waals surface area contributed by atoms with E-state index in [1.807, 2.05) is 6.92 Å². The summed E-state index contributed by atoms with van der Waals surface area (Å²) in [6.07, 6.45) is 4.28. The van der Waals surface area contributed by atoms with Crippen LogP contribution in [0.15, 0.2) is 0 Å². The first kappa shape index (κ1) is 15.9. The molecule has 0 aromatic rings. The van der Waals surface area contributed by atoms with Crippen molar-refractivity contribution in [3.63, 3.8) is 0 Å². The monoisotopic (exact) mass is 276 g/mol. The Hall–Kier alpha value is -0.130. The first-order valence-electron chi connectivity index (χ1n) is 7.03. The van der Waals surface area contributed by atoms with Crippen LogP contribution in [0.25, 0.3) is 0 Å². The standard InChI is InChI=1S/C13H28N2O2S/c1-11(2)12(3)15(4)18(16,17)10-8-13-7-5-6-9-14-13/h11-14H,5-10H2,1-4H3. The van der Waals surface area contributed by atoms with Gasteiger partial charge in [0, 0.05) is 19.1 Å². The summed E-state index contributed by atoms with van der Waals surface area (Å²) in [5.41, 5.74) is 0. The normalized spacial score (nSPS) is 23.6. The van der Waals surface area contributed by atoms with Crippen molar-refractivity contribution in [3.05, 3.63) is 0 Å². The van der Waals surface area contributed by atoms with Crippen LogP contribution in [0.1, 0.15) is 46.5 Å². The van der Waals surface area contributed by atoms with Crippen LogP contribution in [-0.4, -0.2) is 44.2 Å². The van der Waals surface area contributed by atoms with Crippen LogP contribution in [0.5, 0.6) is 0 Å². The zero-order valence-corrected chi connectivity index (χ0v) is 13.0. The molecule has 1 aliphatic rings. The van der Waals surface area contributed by atoms with Crippen molar-refractivity contribution in [2.45, 2.75) is 58.5 Å². The molecule has 0 radical (unpaired) electrons. The lowest BCUT2D eigenvalue weighted by Crippen LogP contribution is -2.41. The molecule has 1 heterocycles. The second kappa shape index (κ2) is 6.87. The molecule has 1 aliphatic heterocycles. The van der Waals surface area contributed by atoms with Gasteiger partial charge in [0.1, 0.15) is 0 Å². The molecule has 2 atom stereocenters. The number of hydrogen-bond donors (Lipinski definition) is 1. The first-order valence-corrected chi connectivity index (χ1v) is 8.64. The zero-order valence-electron chi connectivity index (χ0n) is 12.1. The van der Waals surface area contributed by atoms with Crippen molar-refractivity contribution >= 4 is 10.0 Å². The van der Waals surface area contributed by atoms with Gasteiger partial charge in [-0.2, -0.15) is 0 Å². The summed E-state index contributed by atoms with van der Waals surface area (Å²) in [7, 11) is -1.41. The predicted octanol–water partition coefficient (Wildman–Crippen LogP) is 1.82. The molecular weight excluding hydrogens is 248 g/mol. The minimum absolute atomic E-state index is 0.0642. The zero-order chi connectivity index (χ0) is 13.8. The van der Waals surface area contributed by atoms with Gasteiger partial charge >= 0.3 is 0 Å². The second-order valence-electron chi connectivity index (χ2n) is 5.75. The molecule has 0 aromatic carbocycles. The summed E-state index contributed by atoms with van der Waals surface area (Å²) in [4.78, 5) is 0. The van der Waals surface area contributed by atoms with Gasteiger partial charge in [0.05, 0.1) is 5.75 Å². The molecule has 0 aliphatic carbocycles. The molecule has 4 nitrogen and oxygen atoms in total. The molecule has 1 N–H and O–H groups in total. The van der Waals surface area contributed by atoms with Crippen LogP contribution in [0.2, 0.25) is 0 Å². The van der Waals surface area contributed by atoms with Gasteiger partial charge in [-0.15, -0.1) is 0 Å². The van der Waals surface area contributed by atoms with Crippen molar-refractivity contribution in [1.29, 1.82) is 0 Å². The average molecular weight is 276 g/mol. The fourth-order valence-electron chi connectivity index (χ4n) is 2.28. The Labute approximate surface area is 112 Å². The Morgan fingerprint density at radius 3 is 2.44 bits per heavy atom. The first-order chi connectivity index (χ1) is 8.34. The molecule has 0 saturated carbocycles. The van der Waals surface area contributed by atoms with E-state index < -0.39 is 10.0 Å². The number of hydrogen-bond acceptors (Lipinski definition) is 3. The highest BCUT2D eigenvalue weighted by molar-refractivity contribution is 7.89. The Kier molecular flexibility index (Phi) is 6.08. The predicted molar refractivity (Wildman–Crippen MR) is 76.1 cm³/mol. The lowest BCUT2D eigenvalue weighted by Gasteiger charge is -2.29. The van der Waals surface area contributed by atoms with Gasteiger partial charge in [-0.1, -0.05) is 20.3 Å². The Morgan fingerprint density at radius 1 is 1.28 bits per heavy atom. The average Bonchev–Trinajstić information content (AvgIpc) is 2.35. The fourth-order valence-corrected chi connectivity index (χ4v) is 3.90. The summed E-state index contributed by atoms with van der Waals surface area (Å²) in [5, 5.41) is 3.40. The fraction of sp³-hybridized carbons (Fsp3) is 1.00. The minimum Gasteiger partial charge on any atom is -0.314 e. The molecule has 1 rings (SSSR count). The molecular formula is C13H28N2O2S. The molecule has 0 aromatic heterocycles. The van der Waals surface area contributed by atoms with E-state index in [9.17, 15) is 8.42 Å². The Morgan fingerprint density at radius 2 is 1.94 bits per heavy atom.